The quantitative estimate of drug-likeness (QED) is 0.369. The molecule has 134 valence electrons. The molecule has 0 N–H and O–H groups in total. The summed E-state index contributed by atoms with van der Waals surface area (Å²) in [5.41, 5.74) is 0.977. The highest BCUT2D eigenvalue weighted by molar-refractivity contribution is 7.87. The van der Waals surface area contributed by atoms with Crippen molar-refractivity contribution in [3.8, 4) is 0 Å². The summed E-state index contributed by atoms with van der Waals surface area (Å²) >= 11 is 1.58. The van der Waals surface area contributed by atoms with Crippen LogP contribution in [0.25, 0.3) is 10.2 Å². The van der Waals surface area contributed by atoms with Gasteiger partial charge in [0.1, 0.15) is 0 Å². The van der Waals surface area contributed by atoms with Gasteiger partial charge in [-0.15, -0.1) is 11.3 Å². The Hall–Kier alpha value is -0.740. The number of unbranched alkanes of at least 4 members (excludes halogenated alkanes) is 10. The van der Waals surface area contributed by atoms with Gasteiger partial charge in [-0.2, -0.15) is 0 Å². The Morgan fingerprint density at radius 1 is 0.875 bits per heavy atom. The van der Waals surface area contributed by atoms with Gasteiger partial charge in [-0.1, -0.05) is 83.3 Å². The van der Waals surface area contributed by atoms with E-state index in [2.05, 4.69) is 18.0 Å². The second-order valence-corrected chi connectivity index (χ2v) is 9.31. The van der Waals surface area contributed by atoms with E-state index in [1.54, 1.807) is 11.3 Å². The van der Waals surface area contributed by atoms with Gasteiger partial charge < -0.3 is 0 Å². The molecule has 2 rings (SSSR count). The van der Waals surface area contributed by atoms with Crippen LogP contribution in [0.15, 0.2) is 28.6 Å². The van der Waals surface area contributed by atoms with Crippen LogP contribution in [-0.2, 0) is 10.8 Å². The van der Waals surface area contributed by atoms with Crippen molar-refractivity contribution in [2.24, 2.45) is 0 Å². The van der Waals surface area contributed by atoms with E-state index in [1.165, 1.54) is 64.2 Å². The highest BCUT2D eigenvalue weighted by atomic mass is 32.2. The first kappa shape index (κ1) is 19.6. The summed E-state index contributed by atoms with van der Waals surface area (Å²) in [7, 11) is -0.922. The number of fused-ring (bicyclic) bond motifs is 1. The third-order valence-corrected chi connectivity index (χ3v) is 7.18. The first-order chi connectivity index (χ1) is 11.8. The first-order valence-electron chi connectivity index (χ1n) is 9.55. The van der Waals surface area contributed by atoms with Crippen molar-refractivity contribution in [2.75, 3.05) is 5.75 Å². The normalized spacial score (nSPS) is 12.7. The fourth-order valence-electron chi connectivity index (χ4n) is 2.93. The minimum Gasteiger partial charge on any atom is -0.252 e. The summed E-state index contributed by atoms with van der Waals surface area (Å²) in [6.45, 7) is 2.27. The number of aromatic nitrogens is 1. The summed E-state index contributed by atoms with van der Waals surface area (Å²) in [6, 6.07) is 8.04. The molecule has 1 atom stereocenters. The lowest BCUT2D eigenvalue weighted by molar-refractivity contribution is 0.554. The van der Waals surface area contributed by atoms with Gasteiger partial charge in [0.15, 0.2) is 4.34 Å². The van der Waals surface area contributed by atoms with Gasteiger partial charge in [-0.25, -0.2) is 4.98 Å². The molecule has 24 heavy (non-hydrogen) atoms. The first-order valence-corrected chi connectivity index (χ1v) is 11.7. The van der Waals surface area contributed by atoms with Crippen LogP contribution in [0, 0.1) is 0 Å². The van der Waals surface area contributed by atoms with Crippen LogP contribution in [0.2, 0.25) is 0 Å². The van der Waals surface area contributed by atoms with Gasteiger partial charge in [0.25, 0.3) is 0 Å². The average molecular weight is 366 g/mol. The summed E-state index contributed by atoms with van der Waals surface area (Å²) in [4.78, 5) is 4.50. The molecule has 4 heteroatoms. The number of para-hydroxylation sites is 1. The molecule has 2 aromatic rings. The predicted octanol–water partition coefficient (Wildman–Crippen LogP) is 6.71. The maximum absolute atomic E-state index is 12.3. The van der Waals surface area contributed by atoms with Gasteiger partial charge in [0, 0.05) is 5.75 Å². The monoisotopic (exact) mass is 365 g/mol. The van der Waals surface area contributed by atoms with Crippen LogP contribution in [0.1, 0.15) is 77.6 Å². The largest absolute Gasteiger partial charge is 0.252 e. The minimum atomic E-state index is -0.922. The second kappa shape index (κ2) is 11.8. The van der Waals surface area contributed by atoms with Crippen LogP contribution in [0.5, 0.6) is 0 Å². The molecule has 0 radical (unpaired) electrons. The fourth-order valence-corrected chi connectivity index (χ4v) is 5.36. The van der Waals surface area contributed by atoms with Gasteiger partial charge >= 0.3 is 0 Å². The van der Waals surface area contributed by atoms with E-state index >= 15 is 0 Å². The highest BCUT2D eigenvalue weighted by Gasteiger charge is 2.09. The summed E-state index contributed by atoms with van der Waals surface area (Å²) in [6.07, 6.45) is 14.6. The lowest BCUT2D eigenvalue weighted by Gasteiger charge is -2.02. The molecule has 0 saturated carbocycles. The van der Waals surface area contributed by atoms with Crippen molar-refractivity contribution in [2.45, 2.75) is 81.9 Å². The SMILES string of the molecule is CCCCCCCCCCCCCS(=O)c1nc2ccccc2s1. The Bertz CT molecular complexity index is 575. The van der Waals surface area contributed by atoms with Crippen molar-refractivity contribution < 1.29 is 4.21 Å². The molecule has 2 nitrogen and oxygen atoms in total. The third-order valence-electron chi connectivity index (χ3n) is 4.40. The molecule has 0 saturated heterocycles. The van der Waals surface area contributed by atoms with Crippen LogP contribution in [0.3, 0.4) is 0 Å². The van der Waals surface area contributed by atoms with E-state index in [9.17, 15) is 4.21 Å². The number of nitrogens with zero attached hydrogens (tertiary/aromatic N) is 1. The number of rotatable bonds is 13. The van der Waals surface area contributed by atoms with Crippen molar-refractivity contribution >= 4 is 32.4 Å². The Kier molecular flexibility index (Phi) is 9.59. The van der Waals surface area contributed by atoms with Crippen LogP contribution in [0.4, 0.5) is 0 Å². The second-order valence-electron chi connectivity index (χ2n) is 6.53. The molecule has 0 aliphatic carbocycles. The Balaban J connectivity index is 1.50. The molecule has 0 spiro atoms. The Morgan fingerprint density at radius 3 is 2.08 bits per heavy atom. The van der Waals surface area contributed by atoms with Gasteiger partial charge in [0.05, 0.1) is 21.0 Å². The van der Waals surface area contributed by atoms with E-state index < -0.39 is 10.8 Å². The van der Waals surface area contributed by atoms with Crippen LogP contribution in [-0.4, -0.2) is 14.9 Å². The van der Waals surface area contributed by atoms with Crippen LogP contribution >= 0.6 is 11.3 Å². The Morgan fingerprint density at radius 2 is 1.46 bits per heavy atom. The van der Waals surface area contributed by atoms with Gasteiger partial charge in [-0.3, -0.25) is 4.21 Å². The topological polar surface area (TPSA) is 30.0 Å². The molecule has 0 aliphatic rings. The molecular formula is C20H31NOS2. The van der Waals surface area contributed by atoms with Gasteiger partial charge in [0.2, 0.25) is 0 Å². The molecule has 1 heterocycles. The van der Waals surface area contributed by atoms with Crippen molar-refractivity contribution in [3.05, 3.63) is 24.3 Å². The summed E-state index contributed by atoms with van der Waals surface area (Å²) < 4.78 is 14.3. The number of benzene rings is 1. The van der Waals surface area contributed by atoms with Crippen molar-refractivity contribution in [1.82, 2.24) is 4.98 Å². The predicted molar refractivity (Wildman–Crippen MR) is 107 cm³/mol. The zero-order valence-electron chi connectivity index (χ0n) is 15.0. The van der Waals surface area contributed by atoms with Crippen molar-refractivity contribution in [3.63, 3.8) is 0 Å². The fraction of sp³-hybridized carbons (Fsp3) is 0.650. The number of hydrogen-bond donors (Lipinski definition) is 0. The molecule has 1 unspecified atom stereocenters. The summed E-state index contributed by atoms with van der Waals surface area (Å²) in [5, 5.41) is 0. The lowest BCUT2D eigenvalue weighted by Crippen LogP contribution is -1.97. The molecule has 1 aromatic carbocycles. The third kappa shape index (κ3) is 7.02. The molecule has 0 amide bonds. The molecule has 0 fully saturated rings. The maximum atomic E-state index is 12.3. The smallest absolute Gasteiger partial charge is 0.181 e. The van der Waals surface area contributed by atoms with E-state index in [0.717, 1.165) is 26.7 Å². The molecule has 0 bridgehead atoms. The molecular weight excluding hydrogens is 334 g/mol. The van der Waals surface area contributed by atoms with E-state index in [0.29, 0.717) is 0 Å². The van der Waals surface area contributed by atoms with Crippen molar-refractivity contribution in [1.29, 1.82) is 0 Å². The zero-order chi connectivity index (χ0) is 17.0. The van der Waals surface area contributed by atoms with E-state index in [4.69, 9.17) is 0 Å². The molecule has 1 aromatic heterocycles. The van der Waals surface area contributed by atoms with Gasteiger partial charge in [-0.05, 0) is 18.6 Å². The molecule has 0 aliphatic heterocycles. The maximum Gasteiger partial charge on any atom is 0.181 e. The van der Waals surface area contributed by atoms with E-state index in [1.807, 2.05) is 18.2 Å². The van der Waals surface area contributed by atoms with Crippen LogP contribution < -0.4 is 0 Å². The summed E-state index contributed by atoms with van der Waals surface area (Å²) in [5.74, 6) is 0.761. The lowest BCUT2D eigenvalue weighted by atomic mass is 10.1. The number of thiazole rings is 1. The Labute approximate surface area is 153 Å². The van der Waals surface area contributed by atoms with E-state index in [-0.39, 0.29) is 0 Å². The minimum absolute atomic E-state index is 0.761. The highest BCUT2D eigenvalue weighted by Crippen LogP contribution is 2.24. The average Bonchev–Trinajstić information content (AvgIpc) is 3.04. The number of hydrogen-bond acceptors (Lipinski definition) is 3. The zero-order valence-corrected chi connectivity index (χ0v) is 16.6. The standard InChI is InChI=1S/C20H31NOS2/c1-2-3-4-5-6-7-8-9-10-11-14-17-24(22)20-21-18-15-12-13-16-19(18)23-20/h12-13,15-16H,2-11,14,17H2,1H3.